The molecule has 1 saturated heterocycles. The van der Waals surface area contributed by atoms with Crippen LogP contribution < -0.4 is 5.32 Å². The van der Waals surface area contributed by atoms with Gasteiger partial charge in [-0.15, -0.1) is 0 Å². The summed E-state index contributed by atoms with van der Waals surface area (Å²) < 4.78 is 12.8. The highest BCUT2D eigenvalue weighted by Crippen LogP contribution is 2.09. The quantitative estimate of drug-likeness (QED) is 0.901. The zero-order chi connectivity index (χ0) is 13.7. The van der Waals surface area contributed by atoms with Gasteiger partial charge >= 0.3 is 0 Å². The maximum atomic E-state index is 12.8. The van der Waals surface area contributed by atoms with Crippen molar-refractivity contribution in [3.8, 4) is 0 Å². The molecule has 1 N–H and O–H groups in total. The standard InChI is InChI=1S/C15H21FN2O/c1-18(11-14-4-2-3-9-17-14)15(19)10-12-5-7-13(16)8-6-12/h5-8,14,17H,2-4,9-11H2,1H3. The second-order valence-electron chi connectivity index (χ2n) is 5.22. The van der Waals surface area contributed by atoms with Crippen molar-refractivity contribution in [3.05, 3.63) is 35.6 Å². The number of hydrogen-bond donors (Lipinski definition) is 1. The molecule has 4 heteroatoms. The van der Waals surface area contributed by atoms with Crippen molar-refractivity contribution in [1.82, 2.24) is 10.2 Å². The molecule has 0 spiro atoms. The van der Waals surface area contributed by atoms with Crippen molar-refractivity contribution in [2.24, 2.45) is 0 Å². The molecule has 1 unspecified atom stereocenters. The molecule has 0 saturated carbocycles. The minimum atomic E-state index is -0.268. The van der Waals surface area contributed by atoms with Gasteiger partial charge in [0.15, 0.2) is 0 Å². The van der Waals surface area contributed by atoms with Gasteiger partial charge in [-0.2, -0.15) is 0 Å². The van der Waals surface area contributed by atoms with Gasteiger partial charge in [-0.3, -0.25) is 4.79 Å². The van der Waals surface area contributed by atoms with E-state index in [0.717, 1.165) is 25.1 Å². The third-order valence-corrected chi connectivity index (χ3v) is 3.60. The lowest BCUT2D eigenvalue weighted by Gasteiger charge is -2.28. The SMILES string of the molecule is CN(CC1CCCCN1)C(=O)Cc1ccc(F)cc1. The number of hydrogen-bond acceptors (Lipinski definition) is 2. The van der Waals surface area contributed by atoms with Gasteiger partial charge < -0.3 is 10.2 Å². The molecule has 0 bridgehead atoms. The number of carbonyl (C=O) groups excluding carboxylic acids is 1. The minimum Gasteiger partial charge on any atom is -0.344 e. The molecule has 0 radical (unpaired) electrons. The van der Waals surface area contributed by atoms with Gasteiger partial charge in [0.1, 0.15) is 5.82 Å². The number of piperidine rings is 1. The summed E-state index contributed by atoms with van der Waals surface area (Å²) in [5, 5.41) is 3.43. The molecular formula is C15H21FN2O. The fourth-order valence-electron chi connectivity index (χ4n) is 2.42. The average molecular weight is 264 g/mol. The molecule has 19 heavy (non-hydrogen) atoms. The van der Waals surface area contributed by atoms with Crippen LogP contribution in [0, 0.1) is 5.82 Å². The number of nitrogens with zero attached hydrogens (tertiary/aromatic N) is 1. The van der Waals surface area contributed by atoms with E-state index in [1.165, 1.54) is 25.0 Å². The van der Waals surface area contributed by atoms with E-state index in [-0.39, 0.29) is 11.7 Å². The van der Waals surface area contributed by atoms with E-state index in [0.29, 0.717) is 12.5 Å². The Morgan fingerprint density at radius 2 is 2.11 bits per heavy atom. The first-order valence-corrected chi connectivity index (χ1v) is 6.87. The van der Waals surface area contributed by atoms with E-state index in [1.807, 2.05) is 7.05 Å². The van der Waals surface area contributed by atoms with Crippen molar-refractivity contribution in [2.75, 3.05) is 20.1 Å². The van der Waals surface area contributed by atoms with Gasteiger partial charge in [-0.05, 0) is 37.1 Å². The van der Waals surface area contributed by atoms with Gasteiger partial charge in [0.25, 0.3) is 0 Å². The molecule has 0 aromatic heterocycles. The Labute approximate surface area is 113 Å². The summed E-state index contributed by atoms with van der Waals surface area (Å²) in [6, 6.07) is 6.53. The van der Waals surface area contributed by atoms with Crippen molar-refractivity contribution in [3.63, 3.8) is 0 Å². The number of halogens is 1. The summed E-state index contributed by atoms with van der Waals surface area (Å²) in [6.45, 7) is 1.80. The molecule has 2 rings (SSSR count). The minimum absolute atomic E-state index is 0.0824. The predicted molar refractivity (Wildman–Crippen MR) is 73.4 cm³/mol. The van der Waals surface area contributed by atoms with E-state index < -0.39 is 0 Å². The van der Waals surface area contributed by atoms with Crippen LogP contribution in [0.4, 0.5) is 4.39 Å². The number of amides is 1. The molecule has 1 aromatic carbocycles. The third-order valence-electron chi connectivity index (χ3n) is 3.60. The maximum Gasteiger partial charge on any atom is 0.226 e. The predicted octanol–water partition coefficient (Wildman–Crippen LogP) is 1.97. The fourth-order valence-corrected chi connectivity index (χ4v) is 2.42. The van der Waals surface area contributed by atoms with E-state index in [9.17, 15) is 9.18 Å². The summed E-state index contributed by atoms with van der Waals surface area (Å²) in [6.07, 6.45) is 3.93. The van der Waals surface area contributed by atoms with E-state index >= 15 is 0 Å². The smallest absolute Gasteiger partial charge is 0.226 e. The lowest BCUT2D eigenvalue weighted by molar-refractivity contribution is -0.129. The van der Waals surface area contributed by atoms with Gasteiger partial charge in [-0.25, -0.2) is 4.39 Å². The summed E-state index contributed by atoms with van der Waals surface area (Å²) in [7, 11) is 1.84. The van der Waals surface area contributed by atoms with Crippen LogP contribution in [-0.4, -0.2) is 37.0 Å². The lowest BCUT2D eigenvalue weighted by Crippen LogP contribution is -2.44. The van der Waals surface area contributed by atoms with Gasteiger partial charge in [-0.1, -0.05) is 18.6 Å². The Morgan fingerprint density at radius 1 is 1.37 bits per heavy atom. The highest BCUT2D eigenvalue weighted by atomic mass is 19.1. The second kappa shape index (κ2) is 6.66. The van der Waals surface area contributed by atoms with E-state index in [2.05, 4.69) is 5.32 Å². The summed E-state index contributed by atoms with van der Waals surface area (Å²) in [4.78, 5) is 13.8. The van der Waals surface area contributed by atoms with Crippen LogP contribution in [0.1, 0.15) is 24.8 Å². The summed E-state index contributed by atoms with van der Waals surface area (Å²) >= 11 is 0. The van der Waals surface area contributed by atoms with Crippen LogP contribution in [0.2, 0.25) is 0 Å². The first-order chi connectivity index (χ1) is 9.15. The highest BCUT2D eigenvalue weighted by molar-refractivity contribution is 5.78. The number of benzene rings is 1. The van der Waals surface area contributed by atoms with E-state index in [4.69, 9.17) is 0 Å². The molecule has 1 aliphatic heterocycles. The largest absolute Gasteiger partial charge is 0.344 e. The zero-order valence-electron chi connectivity index (χ0n) is 11.4. The number of likely N-dealkylation sites (N-methyl/N-ethyl adjacent to an activating group) is 1. The van der Waals surface area contributed by atoms with Crippen molar-refractivity contribution < 1.29 is 9.18 Å². The Bertz CT molecular complexity index is 413. The number of rotatable bonds is 4. The maximum absolute atomic E-state index is 12.8. The molecule has 1 heterocycles. The monoisotopic (exact) mass is 264 g/mol. The van der Waals surface area contributed by atoms with Crippen LogP contribution >= 0.6 is 0 Å². The Balaban J connectivity index is 1.83. The Morgan fingerprint density at radius 3 is 2.74 bits per heavy atom. The molecule has 1 amide bonds. The Kier molecular flexibility index (Phi) is 4.91. The normalized spacial score (nSPS) is 19.2. The molecule has 1 aromatic rings. The molecule has 1 fully saturated rings. The highest BCUT2D eigenvalue weighted by Gasteiger charge is 2.17. The molecule has 1 aliphatic rings. The number of carbonyl (C=O) groups is 1. The molecule has 104 valence electrons. The average Bonchev–Trinajstić information content (AvgIpc) is 2.42. The first-order valence-electron chi connectivity index (χ1n) is 6.87. The molecule has 1 atom stereocenters. The molecule has 0 aliphatic carbocycles. The van der Waals surface area contributed by atoms with Crippen LogP contribution in [0.25, 0.3) is 0 Å². The van der Waals surface area contributed by atoms with Crippen LogP contribution in [0.5, 0.6) is 0 Å². The zero-order valence-corrected chi connectivity index (χ0v) is 11.4. The topological polar surface area (TPSA) is 32.3 Å². The van der Waals surface area contributed by atoms with Crippen molar-refractivity contribution >= 4 is 5.91 Å². The van der Waals surface area contributed by atoms with Crippen molar-refractivity contribution in [1.29, 1.82) is 0 Å². The first kappa shape index (κ1) is 14.0. The van der Waals surface area contributed by atoms with Crippen LogP contribution in [-0.2, 0) is 11.2 Å². The Hall–Kier alpha value is -1.42. The van der Waals surface area contributed by atoms with Gasteiger partial charge in [0.05, 0.1) is 6.42 Å². The van der Waals surface area contributed by atoms with E-state index in [1.54, 1.807) is 17.0 Å². The molecule has 3 nitrogen and oxygen atoms in total. The lowest BCUT2D eigenvalue weighted by atomic mass is 10.0. The summed E-state index contributed by atoms with van der Waals surface area (Å²) in [5.41, 5.74) is 0.856. The summed E-state index contributed by atoms with van der Waals surface area (Å²) in [5.74, 6) is -0.185. The van der Waals surface area contributed by atoms with Crippen molar-refractivity contribution in [2.45, 2.75) is 31.7 Å². The van der Waals surface area contributed by atoms with Crippen LogP contribution in [0.15, 0.2) is 24.3 Å². The number of nitrogens with one attached hydrogen (secondary N) is 1. The van der Waals surface area contributed by atoms with Crippen LogP contribution in [0.3, 0.4) is 0 Å². The fraction of sp³-hybridized carbons (Fsp3) is 0.533. The molecular weight excluding hydrogens is 243 g/mol. The van der Waals surface area contributed by atoms with Gasteiger partial charge in [0.2, 0.25) is 5.91 Å². The second-order valence-corrected chi connectivity index (χ2v) is 5.22. The third kappa shape index (κ3) is 4.31. The van der Waals surface area contributed by atoms with Gasteiger partial charge in [0, 0.05) is 19.6 Å².